The molecular formula is C23H25NO5. The van der Waals surface area contributed by atoms with Gasteiger partial charge in [-0.15, -0.1) is 0 Å². The zero-order valence-electron chi connectivity index (χ0n) is 16.8. The lowest BCUT2D eigenvalue weighted by molar-refractivity contribution is -0.166. The van der Waals surface area contributed by atoms with Crippen molar-refractivity contribution in [2.75, 3.05) is 11.4 Å². The summed E-state index contributed by atoms with van der Waals surface area (Å²) in [5, 5.41) is 11.4. The van der Waals surface area contributed by atoms with Crippen molar-refractivity contribution in [1.82, 2.24) is 0 Å². The molecule has 3 fully saturated rings. The zero-order chi connectivity index (χ0) is 20.8. The van der Waals surface area contributed by atoms with Crippen molar-refractivity contribution in [2.45, 2.75) is 50.9 Å². The van der Waals surface area contributed by atoms with Crippen LogP contribution in [0.1, 0.15) is 44.0 Å². The molecule has 3 unspecified atom stereocenters. The van der Waals surface area contributed by atoms with Gasteiger partial charge in [0.05, 0.1) is 12.0 Å². The van der Waals surface area contributed by atoms with Gasteiger partial charge in [0, 0.05) is 17.2 Å². The molecule has 1 spiro atoms. The van der Waals surface area contributed by atoms with E-state index in [4.69, 9.17) is 4.74 Å². The smallest absolute Gasteiger partial charge is 0.334 e. The lowest BCUT2D eigenvalue weighted by Gasteiger charge is -2.43. The van der Waals surface area contributed by atoms with Crippen LogP contribution in [0, 0.1) is 17.3 Å². The second-order valence-electron chi connectivity index (χ2n) is 9.25. The number of ketones is 2. The van der Waals surface area contributed by atoms with E-state index in [1.807, 2.05) is 24.0 Å². The van der Waals surface area contributed by atoms with Crippen molar-refractivity contribution >= 4 is 23.2 Å². The number of aliphatic hydroxyl groups is 1. The number of rotatable bonds is 2. The van der Waals surface area contributed by atoms with Crippen LogP contribution < -0.4 is 4.90 Å². The molecule has 1 aromatic carbocycles. The molecule has 6 atom stereocenters. The van der Waals surface area contributed by atoms with Gasteiger partial charge in [-0.3, -0.25) is 9.59 Å². The Labute approximate surface area is 169 Å². The minimum Gasteiger partial charge on any atom is -0.459 e. The molecule has 0 bridgehead atoms. The summed E-state index contributed by atoms with van der Waals surface area (Å²) in [5.74, 6) is -0.784. The van der Waals surface area contributed by atoms with Crippen LogP contribution in [0.25, 0.3) is 0 Å². The van der Waals surface area contributed by atoms with Crippen LogP contribution in [-0.4, -0.2) is 46.4 Å². The Balaban J connectivity index is 1.53. The molecule has 2 heterocycles. The third-order valence-corrected chi connectivity index (χ3v) is 7.99. The average molecular weight is 395 g/mol. The molecular weight excluding hydrogens is 370 g/mol. The summed E-state index contributed by atoms with van der Waals surface area (Å²) in [6.07, 6.45) is 3.81. The highest BCUT2D eigenvalue weighted by Crippen LogP contribution is 2.62. The SMILES string of the molecule is CC(=O)c1ccc(N2CC23C(=O)OC2C3CC[C@H](C)[C@]3(O)C=CC(=O)[C@@]23C)cc1. The van der Waals surface area contributed by atoms with Gasteiger partial charge in [0.2, 0.25) is 0 Å². The maximum Gasteiger partial charge on any atom is 0.334 e. The Kier molecular flexibility index (Phi) is 3.56. The Morgan fingerprint density at radius 2 is 1.90 bits per heavy atom. The highest BCUT2D eigenvalue weighted by atomic mass is 16.6. The van der Waals surface area contributed by atoms with Crippen molar-refractivity contribution in [3.05, 3.63) is 42.0 Å². The van der Waals surface area contributed by atoms with Crippen molar-refractivity contribution < 1.29 is 24.2 Å². The first-order valence-corrected chi connectivity index (χ1v) is 10.2. The topological polar surface area (TPSA) is 83.7 Å². The summed E-state index contributed by atoms with van der Waals surface area (Å²) in [4.78, 5) is 39.5. The van der Waals surface area contributed by atoms with Gasteiger partial charge in [0.15, 0.2) is 17.1 Å². The number of carbonyl (C=O) groups excluding carboxylic acids is 3. The standard InChI is InChI=1S/C23H25NO5/c1-13-4-9-17-19(21(3)18(26)10-11-23(13,21)28)29-20(27)22(17)12-24(22)16-7-5-15(6-8-16)14(2)25/h5-8,10-11,13,17,19,28H,4,9,12H2,1-3H3/t13-,17?,19?,21-,22?,23+,24?/m0/s1. The fourth-order valence-corrected chi connectivity index (χ4v) is 5.95. The van der Waals surface area contributed by atoms with Crippen LogP contribution in [0.15, 0.2) is 36.4 Å². The number of allylic oxidation sites excluding steroid dienone is 1. The molecule has 2 aliphatic heterocycles. The number of carbonyl (C=O) groups is 3. The predicted octanol–water partition coefficient (Wildman–Crippen LogP) is 2.30. The predicted molar refractivity (Wildman–Crippen MR) is 105 cm³/mol. The maximum absolute atomic E-state index is 13.1. The van der Waals surface area contributed by atoms with E-state index in [9.17, 15) is 19.5 Å². The molecule has 2 saturated heterocycles. The number of ether oxygens (including phenoxy) is 1. The molecule has 152 valence electrons. The van der Waals surface area contributed by atoms with Crippen molar-refractivity contribution in [1.29, 1.82) is 0 Å². The lowest BCUT2D eigenvalue weighted by atomic mass is 9.64. The fourth-order valence-electron chi connectivity index (χ4n) is 5.95. The van der Waals surface area contributed by atoms with Gasteiger partial charge < -0.3 is 14.7 Å². The van der Waals surface area contributed by atoms with Crippen LogP contribution in [0.3, 0.4) is 0 Å². The summed E-state index contributed by atoms with van der Waals surface area (Å²) in [6, 6.07) is 7.24. The number of fused-ring (bicyclic) bond motifs is 4. The maximum atomic E-state index is 13.1. The van der Waals surface area contributed by atoms with Gasteiger partial charge in [-0.05, 0) is 69.0 Å². The summed E-state index contributed by atoms with van der Waals surface area (Å²) in [6.45, 7) is 5.75. The molecule has 0 radical (unpaired) electrons. The second kappa shape index (κ2) is 5.57. The Morgan fingerprint density at radius 1 is 1.21 bits per heavy atom. The minimum absolute atomic E-state index is 0.00499. The van der Waals surface area contributed by atoms with Crippen molar-refractivity contribution in [2.24, 2.45) is 17.3 Å². The third kappa shape index (κ3) is 2.08. The van der Waals surface area contributed by atoms with Crippen LogP contribution >= 0.6 is 0 Å². The van der Waals surface area contributed by atoms with E-state index in [0.29, 0.717) is 24.9 Å². The van der Waals surface area contributed by atoms with E-state index in [1.54, 1.807) is 25.1 Å². The molecule has 4 aliphatic rings. The molecule has 0 aromatic heterocycles. The second-order valence-corrected chi connectivity index (χ2v) is 9.25. The highest BCUT2D eigenvalue weighted by Gasteiger charge is 2.77. The number of hydrogen-bond acceptors (Lipinski definition) is 6. The van der Waals surface area contributed by atoms with E-state index in [2.05, 4.69) is 0 Å². The van der Waals surface area contributed by atoms with Gasteiger partial charge >= 0.3 is 5.97 Å². The first-order chi connectivity index (χ1) is 13.7. The molecule has 5 rings (SSSR count). The zero-order valence-corrected chi connectivity index (χ0v) is 16.8. The summed E-state index contributed by atoms with van der Waals surface area (Å²) in [5.41, 5.74) is -1.78. The highest BCUT2D eigenvalue weighted by molar-refractivity contribution is 6.02. The lowest BCUT2D eigenvalue weighted by Crippen LogP contribution is -2.57. The molecule has 1 N–H and O–H groups in total. The third-order valence-electron chi connectivity index (χ3n) is 7.99. The van der Waals surface area contributed by atoms with E-state index < -0.39 is 22.7 Å². The number of esters is 1. The average Bonchev–Trinajstić information content (AvgIpc) is 3.34. The Bertz CT molecular complexity index is 968. The Morgan fingerprint density at radius 3 is 2.55 bits per heavy atom. The molecule has 29 heavy (non-hydrogen) atoms. The van der Waals surface area contributed by atoms with Gasteiger partial charge in [-0.1, -0.05) is 6.92 Å². The molecule has 1 saturated carbocycles. The summed E-state index contributed by atoms with van der Waals surface area (Å²) >= 11 is 0. The summed E-state index contributed by atoms with van der Waals surface area (Å²) in [7, 11) is 0. The van der Waals surface area contributed by atoms with Gasteiger partial charge in [0.1, 0.15) is 11.7 Å². The number of anilines is 1. The molecule has 0 amide bonds. The molecule has 1 aromatic rings. The quantitative estimate of drug-likeness (QED) is 0.470. The van der Waals surface area contributed by atoms with E-state index in [0.717, 1.165) is 5.69 Å². The van der Waals surface area contributed by atoms with E-state index in [-0.39, 0.29) is 29.4 Å². The minimum atomic E-state index is -1.31. The van der Waals surface area contributed by atoms with Crippen LogP contribution in [0.2, 0.25) is 0 Å². The molecule has 2 aliphatic carbocycles. The van der Waals surface area contributed by atoms with Gasteiger partial charge in [-0.2, -0.15) is 0 Å². The number of hydrogen-bond donors (Lipinski definition) is 1. The molecule has 6 nitrogen and oxygen atoms in total. The largest absolute Gasteiger partial charge is 0.459 e. The summed E-state index contributed by atoms with van der Waals surface area (Å²) < 4.78 is 5.88. The van der Waals surface area contributed by atoms with Crippen molar-refractivity contribution in [3.63, 3.8) is 0 Å². The monoisotopic (exact) mass is 395 g/mol. The molecule has 6 heteroatoms. The van der Waals surface area contributed by atoms with Crippen LogP contribution in [-0.2, 0) is 14.3 Å². The van der Waals surface area contributed by atoms with E-state index >= 15 is 0 Å². The van der Waals surface area contributed by atoms with Gasteiger partial charge in [-0.25, -0.2) is 4.79 Å². The number of benzene rings is 1. The Hall–Kier alpha value is -2.47. The number of nitrogens with zero attached hydrogens (tertiary/aromatic N) is 1. The fraction of sp³-hybridized carbons (Fsp3) is 0.522. The number of Topliss-reactive ketones (excluding diaryl/α,β-unsaturated/α-hetero) is 1. The van der Waals surface area contributed by atoms with Crippen LogP contribution in [0.4, 0.5) is 5.69 Å². The van der Waals surface area contributed by atoms with Crippen molar-refractivity contribution in [3.8, 4) is 0 Å². The van der Waals surface area contributed by atoms with Crippen LogP contribution in [0.5, 0.6) is 0 Å². The van der Waals surface area contributed by atoms with Gasteiger partial charge in [0.25, 0.3) is 0 Å². The van der Waals surface area contributed by atoms with E-state index in [1.165, 1.54) is 13.0 Å². The first-order valence-electron chi connectivity index (χ1n) is 10.2. The first kappa shape index (κ1) is 18.6. The normalized spacial score (nSPS) is 42.5.